The maximum atomic E-state index is 12.0. The van der Waals surface area contributed by atoms with Crippen LogP contribution in [0.1, 0.15) is 36.7 Å². The normalized spacial score (nSPS) is 15.8. The van der Waals surface area contributed by atoms with Gasteiger partial charge in [-0.25, -0.2) is 0 Å². The highest BCUT2D eigenvalue weighted by Gasteiger charge is 2.28. The second-order valence-corrected chi connectivity index (χ2v) is 5.46. The number of hydrogen-bond acceptors (Lipinski definition) is 2. The monoisotopic (exact) mass is 230 g/mol. The number of hydrogen-bond donors (Lipinski definition) is 0. The molecule has 82 valence electrons. The highest BCUT2D eigenvalue weighted by atomic mass is 32.1. The first kappa shape index (κ1) is 11.2. The van der Waals surface area contributed by atoms with Gasteiger partial charge in [-0.2, -0.15) is 0 Å². The van der Waals surface area contributed by atoms with E-state index in [0.717, 1.165) is 21.6 Å². The Bertz CT molecular complexity index is 504. The van der Waals surface area contributed by atoms with Gasteiger partial charge in [0.1, 0.15) is 0 Å². The first-order chi connectivity index (χ1) is 7.41. The van der Waals surface area contributed by atoms with Crippen LogP contribution in [0.4, 0.5) is 0 Å². The van der Waals surface area contributed by atoms with Crippen LogP contribution in [0.25, 0.3) is 0 Å². The number of carbonyl (C=O) groups excluding carboxylic acids is 1. The Kier molecular flexibility index (Phi) is 2.55. The van der Waals surface area contributed by atoms with E-state index in [1.165, 1.54) is 0 Å². The zero-order valence-corrected chi connectivity index (χ0v) is 10.5. The third-order valence-corrected chi connectivity index (χ3v) is 3.21. The minimum absolute atomic E-state index is 0.0640. The van der Waals surface area contributed by atoms with Crippen molar-refractivity contribution >= 4 is 22.9 Å². The maximum absolute atomic E-state index is 12.0. The number of fused-ring (bicyclic) bond motifs is 1. The van der Waals surface area contributed by atoms with Gasteiger partial charge in [0.15, 0.2) is 5.78 Å². The van der Waals surface area contributed by atoms with Crippen LogP contribution in [-0.4, -0.2) is 10.6 Å². The average molecular weight is 230 g/mol. The van der Waals surface area contributed by atoms with Crippen LogP contribution < -0.4 is 0 Å². The maximum Gasteiger partial charge on any atom is 0.186 e. The van der Waals surface area contributed by atoms with Gasteiger partial charge < -0.3 is 0 Å². The SMILES string of the molecule is CC(C)(C)C1=CC(=O)c2ccccc2C1=S. The van der Waals surface area contributed by atoms with E-state index >= 15 is 0 Å². The molecule has 0 saturated heterocycles. The summed E-state index contributed by atoms with van der Waals surface area (Å²) < 4.78 is 0. The Balaban J connectivity index is 2.61. The Labute approximate surface area is 101 Å². The minimum Gasteiger partial charge on any atom is -0.289 e. The summed E-state index contributed by atoms with van der Waals surface area (Å²) >= 11 is 5.46. The number of carbonyl (C=O) groups is 1. The van der Waals surface area contributed by atoms with Gasteiger partial charge in [-0.1, -0.05) is 57.3 Å². The second-order valence-electron chi connectivity index (χ2n) is 5.05. The molecule has 0 fully saturated rings. The van der Waals surface area contributed by atoms with Crippen LogP contribution in [0, 0.1) is 5.41 Å². The van der Waals surface area contributed by atoms with Gasteiger partial charge in [-0.3, -0.25) is 4.79 Å². The van der Waals surface area contributed by atoms with Crippen molar-refractivity contribution in [2.45, 2.75) is 20.8 Å². The number of allylic oxidation sites excluding steroid dienone is 2. The van der Waals surface area contributed by atoms with E-state index in [0.29, 0.717) is 0 Å². The Morgan fingerprint density at radius 3 is 2.19 bits per heavy atom. The highest BCUT2D eigenvalue weighted by Crippen LogP contribution is 2.33. The van der Waals surface area contributed by atoms with Crippen LogP contribution in [0.3, 0.4) is 0 Å². The Hall–Kier alpha value is -1.28. The molecular formula is C14H14OS. The standard InChI is InChI=1S/C14H14OS/c1-14(2,3)11-8-12(15)9-6-4-5-7-10(9)13(11)16/h4-8H,1-3H3. The third-order valence-electron chi connectivity index (χ3n) is 2.77. The topological polar surface area (TPSA) is 17.1 Å². The molecule has 0 aromatic heterocycles. The Morgan fingerprint density at radius 2 is 1.62 bits per heavy atom. The first-order valence-electron chi connectivity index (χ1n) is 5.31. The molecule has 1 aromatic rings. The van der Waals surface area contributed by atoms with Gasteiger partial charge in [0.05, 0.1) is 0 Å². The lowest BCUT2D eigenvalue weighted by Crippen LogP contribution is -2.24. The first-order valence-corrected chi connectivity index (χ1v) is 5.72. The summed E-state index contributed by atoms with van der Waals surface area (Å²) in [6, 6.07) is 7.55. The molecule has 2 heteroatoms. The van der Waals surface area contributed by atoms with Gasteiger partial charge in [-0.15, -0.1) is 0 Å². The van der Waals surface area contributed by atoms with Gasteiger partial charge >= 0.3 is 0 Å². The summed E-state index contributed by atoms with van der Waals surface area (Å²) in [5.41, 5.74) is 2.50. The van der Waals surface area contributed by atoms with E-state index in [9.17, 15) is 4.79 Å². The van der Waals surface area contributed by atoms with E-state index in [2.05, 4.69) is 20.8 Å². The molecule has 1 nitrogen and oxygen atoms in total. The second kappa shape index (κ2) is 3.63. The lowest BCUT2D eigenvalue weighted by Gasteiger charge is -2.27. The van der Waals surface area contributed by atoms with Gasteiger partial charge in [0, 0.05) is 16.0 Å². The van der Waals surface area contributed by atoms with E-state index in [4.69, 9.17) is 12.2 Å². The summed E-state index contributed by atoms with van der Waals surface area (Å²) in [4.78, 5) is 12.8. The van der Waals surface area contributed by atoms with E-state index in [1.807, 2.05) is 24.3 Å². The number of thiocarbonyl (C=S) groups is 1. The lowest BCUT2D eigenvalue weighted by molar-refractivity contribution is 0.104. The summed E-state index contributed by atoms with van der Waals surface area (Å²) in [5, 5.41) is 0. The molecule has 0 bridgehead atoms. The van der Waals surface area contributed by atoms with Crippen molar-refractivity contribution in [3.05, 3.63) is 47.0 Å². The van der Waals surface area contributed by atoms with Crippen LogP contribution >= 0.6 is 12.2 Å². The van der Waals surface area contributed by atoms with Crippen molar-refractivity contribution in [2.24, 2.45) is 5.41 Å². The van der Waals surface area contributed by atoms with Crippen LogP contribution in [0.2, 0.25) is 0 Å². The van der Waals surface area contributed by atoms with Gasteiger partial charge in [-0.05, 0) is 17.1 Å². The summed E-state index contributed by atoms with van der Waals surface area (Å²) in [7, 11) is 0. The van der Waals surface area contributed by atoms with Crippen LogP contribution in [0.15, 0.2) is 35.9 Å². The number of rotatable bonds is 0. The molecule has 0 unspecified atom stereocenters. The molecule has 0 saturated carbocycles. The highest BCUT2D eigenvalue weighted by molar-refractivity contribution is 7.81. The summed E-state index contributed by atoms with van der Waals surface area (Å²) in [6.07, 6.45) is 1.69. The molecule has 0 atom stereocenters. The molecule has 1 aliphatic carbocycles. The van der Waals surface area contributed by atoms with Gasteiger partial charge in [0.2, 0.25) is 0 Å². The van der Waals surface area contributed by atoms with Crippen molar-refractivity contribution in [1.29, 1.82) is 0 Å². The van der Waals surface area contributed by atoms with E-state index in [1.54, 1.807) is 6.08 Å². The minimum atomic E-state index is -0.0831. The summed E-state index contributed by atoms with van der Waals surface area (Å²) in [6.45, 7) is 6.23. The predicted molar refractivity (Wildman–Crippen MR) is 70.0 cm³/mol. The lowest BCUT2D eigenvalue weighted by atomic mass is 9.77. The van der Waals surface area contributed by atoms with Crippen molar-refractivity contribution in [1.82, 2.24) is 0 Å². The summed E-state index contributed by atoms with van der Waals surface area (Å²) in [5.74, 6) is 0.0640. The zero-order valence-electron chi connectivity index (χ0n) is 9.70. The van der Waals surface area contributed by atoms with E-state index in [-0.39, 0.29) is 11.2 Å². The van der Waals surface area contributed by atoms with Gasteiger partial charge in [0.25, 0.3) is 0 Å². The molecule has 0 N–H and O–H groups in total. The average Bonchev–Trinajstić information content (AvgIpc) is 2.22. The molecule has 16 heavy (non-hydrogen) atoms. The van der Waals surface area contributed by atoms with Crippen LogP contribution in [-0.2, 0) is 0 Å². The molecule has 2 rings (SSSR count). The molecule has 0 radical (unpaired) electrons. The largest absolute Gasteiger partial charge is 0.289 e. The number of benzene rings is 1. The molecule has 0 amide bonds. The van der Waals surface area contributed by atoms with Crippen molar-refractivity contribution in [3.63, 3.8) is 0 Å². The van der Waals surface area contributed by atoms with Crippen LogP contribution in [0.5, 0.6) is 0 Å². The quantitative estimate of drug-likeness (QED) is 0.634. The molecule has 1 aromatic carbocycles. The fraction of sp³-hybridized carbons (Fsp3) is 0.286. The fourth-order valence-corrected chi connectivity index (χ4v) is 2.42. The Morgan fingerprint density at radius 1 is 1.06 bits per heavy atom. The molecular weight excluding hydrogens is 216 g/mol. The predicted octanol–water partition coefficient (Wildman–Crippen LogP) is 3.57. The fourth-order valence-electron chi connectivity index (χ4n) is 1.87. The van der Waals surface area contributed by atoms with Crippen molar-refractivity contribution in [3.8, 4) is 0 Å². The number of ketones is 1. The van der Waals surface area contributed by atoms with E-state index < -0.39 is 0 Å². The molecule has 0 spiro atoms. The smallest absolute Gasteiger partial charge is 0.186 e. The molecule has 1 aliphatic rings. The van der Waals surface area contributed by atoms with Crippen molar-refractivity contribution < 1.29 is 4.79 Å². The zero-order chi connectivity index (χ0) is 11.9. The third kappa shape index (κ3) is 1.74. The molecule has 0 aliphatic heterocycles. The molecule has 0 heterocycles. The van der Waals surface area contributed by atoms with Crippen molar-refractivity contribution in [2.75, 3.05) is 0 Å².